The average Bonchev–Trinajstić information content (AvgIpc) is 2.97. The van der Waals surface area contributed by atoms with Crippen molar-refractivity contribution in [2.45, 2.75) is 18.1 Å². The molecule has 1 fully saturated rings. The minimum atomic E-state index is -3.05. The van der Waals surface area contributed by atoms with Crippen LogP contribution in [-0.4, -0.2) is 36.9 Å². The average molecular weight is 325 g/mol. The molecule has 3 rings (SSSR count). The highest BCUT2D eigenvalue weighted by Gasteiger charge is 2.31. The van der Waals surface area contributed by atoms with Crippen molar-refractivity contribution in [1.82, 2.24) is 10.3 Å². The lowest BCUT2D eigenvalue weighted by Crippen LogP contribution is -2.34. The van der Waals surface area contributed by atoms with Gasteiger partial charge in [-0.3, -0.25) is 4.79 Å². The van der Waals surface area contributed by atoms with E-state index in [0.717, 1.165) is 5.39 Å². The number of amides is 1. The third kappa shape index (κ3) is 2.60. The Morgan fingerprint density at radius 2 is 2.33 bits per heavy atom. The number of fused-ring (bicyclic) bond motifs is 1. The number of nitrogens with zero attached hydrogens (tertiary/aromatic N) is 1. The number of hydrogen-bond donors (Lipinski definition) is 2. The minimum Gasteiger partial charge on any atom is -0.397 e. The molecule has 1 amide bonds. The topological polar surface area (TPSA) is 102 Å². The fourth-order valence-electron chi connectivity index (χ4n) is 2.49. The zero-order valence-electron chi connectivity index (χ0n) is 11.2. The van der Waals surface area contributed by atoms with Gasteiger partial charge in [-0.15, -0.1) is 11.3 Å². The first-order valence-corrected chi connectivity index (χ1v) is 9.15. The Balaban J connectivity index is 1.77. The molecule has 112 valence electrons. The van der Waals surface area contributed by atoms with E-state index >= 15 is 0 Å². The molecule has 21 heavy (non-hydrogen) atoms. The molecule has 1 unspecified atom stereocenters. The van der Waals surface area contributed by atoms with Crippen LogP contribution in [0.15, 0.2) is 18.3 Å². The molecule has 3 N–H and O–H groups in total. The quantitative estimate of drug-likeness (QED) is 0.882. The van der Waals surface area contributed by atoms with E-state index in [0.29, 0.717) is 28.2 Å². The predicted octanol–water partition coefficient (Wildman–Crippen LogP) is 1.19. The third-order valence-electron chi connectivity index (χ3n) is 3.66. The van der Waals surface area contributed by atoms with Gasteiger partial charge in [0.2, 0.25) is 0 Å². The molecule has 1 atom stereocenters. The SMILES string of the molecule is Nc1c(C(=O)NCC2CCCS2(=O)=O)sc2ncccc12. The molecule has 0 spiro atoms. The number of carbonyl (C=O) groups is 1. The second kappa shape index (κ2) is 5.27. The smallest absolute Gasteiger partial charge is 0.263 e. The Bertz CT molecular complexity index is 798. The van der Waals surface area contributed by atoms with E-state index in [1.165, 1.54) is 11.3 Å². The number of aromatic nitrogens is 1. The van der Waals surface area contributed by atoms with E-state index in [1.54, 1.807) is 12.3 Å². The van der Waals surface area contributed by atoms with Gasteiger partial charge in [-0.1, -0.05) is 0 Å². The van der Waals surface area contributed by atoms with Crippen LogP contribution < -0.4 is 11.1 Å². The minimum absolute atomic E-state index is 0.141. The molecule has 0 aliphatic carbocycles. The summed E-state index contributed by atoms with van der Waals surface area (Å²) in [6, 6.07) is 3.57. The number of pyridine rings is 1. The van der Waals surface area contributed by atoms with Gasteiger partial charge in [0.25, 0.3) is 5.91 Å². The Kier molecular flexibility index (Phi) is 3.58. The van der Waals surface area contributed by atoms with Crippen molar-refractivity contribution in [2.75, 3.05) is 18.0 Å². The number of sulfone groups is 1. The molecular weight excluding hydrogens is 310 g/mol. The number of nitrogens with two attached hydrogens (primary N) is 1. The van der Waals surface area contributed by atoms with Gasteiger partial charge in [-0.25, -0.2) is 13.4 Å². The normalized spacial score (nSPS) is 20.7. The summed E-state index contributed by atoms with van der Waals surface area (Å²) < 4.78 is 23.5. The molecule has 2 aromatic rings. The van der Waals surface area contributed by atoms with Crippen LogP contribution in [0.3, 0.4) is 0 Å². The Morgan fingerprint density at radius 1 is 1.52 bits per heavy atom. The summed E-state index contributed by atoms with van der Waals surface area (Å²) in [5.74, 6) is -0.125. The van der Waals surface area contributed by atoms with Crippen molar-refractivity contribution in [3.63, 3.8) is 0 Å². The second-order valence-electron chi connectivity index (χ2n) is 5.04. The van der Waals surface area contributed by atoms with Crippen molar-refractivity contribution >= 4 is 43.0 Å². The van der Waals surface area contributed by atoms with Crippen molar-refractivity contribution in [3.05, 3.63) is 23.2 Å². The maximum absolute atomic E-state index is 12.2. The van der Waals surface area contributed by atoms with E-state index in [2.05, 4.69) is 10.3 Å². The molecule has 0 bridgehead atoms. The number of nitrogen functional groups attached to an aromatic ring is 1. The molecular formula is C13H15N3O3S2. The van der Waals surface area contributed by atoms with E-state index in [4.69, 9.17) is 5.73 Å². The summed E-state index contributed by atoms with van der Waals surface area (Å²) in [5, 5.41) is 2.96. The summed E-state index contributed by atoms with van der Waals surface area (Å²) in [6.07, 6.45) is 2.91. The van der Waals surface area contributed by atoms with E-state index < -0.39 is 15.1 Å². The molecule has 1 aliphatic heterocycles. The number of anilines is 1. The van der Waals surface area contributed by atoms with Crippen LogP contribution in [0.25, 0.3) is 10.2 Å². The second-order valence-corrected chi connectivity index (χ2v) is 8.44. The van der Waals surface area contributed by atoms with Crippen molar-refractivity contribution in [1.29, 1.82) is 0 Å². The van der Waals surface area contributed by atoms with Crippen LogP contribution in [0.1, 0.15) is 22.5 Å². The van der Waals surface area contributed by atoms with E-state index in [-0.39, 0.29) is 18.2 Å². The standard InChI is InChI=1S/C13H15N3O3S2/c14-10-9-4-1-5-15-13(9)20-11(10)12(17)16-7-8-3-2-6-21(8,18)19/h1,4-5,8H,2-3,6-7,14H2,(H,16,17). The van der Waals surface area contributed by atoms with Gasteiger partial charge < -0.3 is 11.1 Å². The lowest BCUT2D eigenvalue weighted by atomic mass is 10.2. The molecule has 8 heteroatoms. The Hall–Kier alpha value is -1.67. The van der Waals surface area contributed by atoms with Gasteiger partial charge in [0, 0.05) is 18.1 Å². The lowest BCUT2D eigenvalue weighted by molar-refractivity contribution is 0.0958. The molecule has 3 heterocycles. The fraction of sp³-hybridized carbons (Fsp3) is 0.385. The number of nitrogens with one attached hydrogen (secondary N) is 1. The molecule has 1 aliphatic rings. The zero-order chi connectivity index (χ0) is 15.0. The van der Waals surface area contributed by atoms with Crippen LogP contribution in [0.5, 0.6) is 0 Å². The molecule has 0 saturated carbocycles. The summed E-state index contributed by atoms with van der Waals surface area (Å²) in [6.45, 7) is 0.141. The number of rotatable bonds is 3. The van der Waals surface area contributed by atoms with Crippen LogP contribution in [0.2, 0.25) is 0 Å². The van der Waals surface area contributed by atoms with Crippen molar-refractivity contribution in [3.8, 4) is 0 Å². The maximum Gasteiger partial charge on any atom is 0.263 e. The highest BCUT2D eigenvalue weighted by Crippen LogP contribution is 2.31. The molecule has 0 aromatic carbocycles. The molecule has 6 nitrogen and oxygen atoms in total. The molecule has 0 radical (unpaired) electrons. The van der Waals surface area contributed by atoms with Gasteiger partial charge in [0.15, 0.2) is 9.84 Å². The number of carbonyl (C=O) groups excluding carboxylic acids is 1. The van der Waals surface area contributed by atoms with Gasteiger partial charge in [-0.05, 0) is 25.0 Å². The van der Waals surface area contributed by atoms with Crippen LogP contribution in [0.4, 0.5) is 5.69 Å². The summed E-state index contributed by atoms with van der Waals surface area (Å²) in [7, 11) is -3.05. The maximum atomic E-state index is 12.2. The van der Waals surface area contributed by atoms with Crippen molar-refractivity contribution < 1.29 is 13.2 Å². The lowest BCUT2D eigenvalue weighted by Gasteiger charge is -2.10. The van der Waals surface area contributed by atoms with Gasteiger partial charge in [0.1, 0.15) is 9.71 Å². The number of thiophene rings is 1. The predicted molar refractivity (Wildman–Crippen MR) is 83.2 cm³/mol. The summed E-state index contributed by atoms with van der Waals surface area (Å²) in [4.78, 5) is 17.5. The highest BCUT2D eigenvalue weighted by molar-refractivity contribution is 7.92. The van der Waals surface area contributed by atoms with Crippen LogP contribution >= 0.6 is 11.3 Å². The first-order chi connectivity index (χ1) is 9.99. The molecule has 2 aromatic heterocycles. The zero-order valence-corrected chi connectivity index (χ0v) is 12.8. The van der Waals surface area contributed by atoms with Gasteiger partial charge in [0.05, 0.1) is 16.7 Å². The van der Waals surface area contributed by atoms with Crippen LogP contribution in [0, 0.1) is 0 Å². The van der Waals surface area contributed by atoms with Crippen LogP contribution in [-0.2, 0) is 9.84 Å². The largest absolute Gasteiger partial charge is 0.397 e. The van der Waals surface area contributed by atoms with Gasteiger partial charge in [-0.2, -0.15) is 0 Å². The van der Waals surface area contributed by atoms with E-state index in [9.17, 15) is 13.2 Å². The summed E-state index contributed by atoms with van der Waals surface area (Å²) in [5.41, 5.74) is 6.37. The Morgan fingerprint density at radius 3 is 3.00 bits per heavy atom. The Labute approximate surface area is 126 Å². The first-order valence-electron chi connectivity index (χ1n) is 6.62. The van der Waals surface area contributed by atoms with Crippen molar-refractivity contribution in [2.24, 2.45) is 0 Å². The first kappa shape index (κ1) is 14.3. The third-order valence-corrected chi connectivity index (χ3v) is 7.07. The summed E-state index contributed by atoms with van der Waals surface area (Å²) >= 11 is 1.22. The van der Waals surface area contributed by atoms with Gasteiger partial charge >= 0.3 is 0 Å². The molecule has 1 saturated heterocycles. The number of hydrogen-bond acceptors (Lipinski definition) is 6. The highest BCUT2D eigenvalue weighted by atomic mass is 32.2. The fourth-order valence-corrected chi connectivity index (χ4v) is 5.24. The monoisotopic (exact) mass is 325 g/mol. The van der Waals surface area contributed by atoms with E-state index in [1.807, 2.05) is 6.07 Å².